The lowest BCUT2D eigenvalue weighted by atomic mass is 9.98. The molecule has 1 amide bonds. The molecule has 371 valence electrons. The Morgan fingerprint density at radius 2 is 1.06 bits per heavy atom. The Hall–Kier alpha value is -4.94. The Morgan fingerprint density at radius 3 is 1.51 bits per heavy atom. The molecule has 6 aliphatic heterocycles. The number of carboxylic acid groups (broad SMARTS) is 1. The first-order chi connectivity index (χ1) is 32.5. The van der Waals surface area contributed by atoms with Gasteiger partial charge in [0.2, 0.25) is 5.91 Å². The van der Waals surface area contributed by atoms with E-state index >= 15 is 0 Å². The molecule has 18 heteroatoms. The number of carbonyl (C=O) groups is 2. The average molecular weight is 989 g/mol. The number of aliphatic carboxylic acids is 1. The van der Waals surface area contributed by atoms with Crippen LogP contribution in [0.1, 0.15) is 56.4 Å². The van der Waals surface area contributed by atoms with E-state index in [0.29, 0.717) is 73.4 Å². The number of fused-ring (bicyclic) bond motifs is 2. The Morgan fingerprint density at radius 1 is 0.623 bits per heavy atom. The smallest absolute Gasteiger partial charge is 0.308 e. The Bertz CT molecular complexity index is 2280. The lowest BCUT2D eigenvalue weighted by Gasteiger charge is -2.36. The summed E-state index contributed by atoms with van der Waals surface area (Å²) in [7, 11) is 0. The van der Waals surface area contributed by atoms with Crippen molar-refractivity contribution in [2.75, 3.05) is 102 Å². The van der Waals surface area contributed by atoms with Crippen LogP contribution >= 0.6 is 23.2 Å². The molecule has 4 aromatic carbocycles. The van der Waals surface area contributed by atoms with Gasteiger partial charge in [0.1, 0.15) is 32.5 Å². The van der Waals surface area contributed by atoms with Crippen molar-refractivity contribution in [2.24, 2.45) is 17.6 Å². The molecular weight excluding hydrogens is 922 g/mol. The van der Waals surface area contributed by atoms with Crippen LogP contribution in [0.4, 0.5) is 11.4 Å². The van der Waals surface area contributed by atoms with Crippen LogP contribution in [0.25, 0.3) is 0 Å². The van der Waals surface area contributed by atoms with E-state index in [1.54, 1.807) is 0 Å². The van der Waals surface area contributed by atoms with E-state index in [4.69, 9.17) is 53.0 Å². The number of hydrogen-bond donors (Lipinski definition) is 5. The number of aliphatic hydroxyl groups excluding tert-OH is 2. The number of nitrogens with two attached hydrogens (primary N) is 1. The number of likely N-dealkylation sites (tertiary alicyclic amines) is 2. The molecule has 4 saturated heterocycles. The Balaban J connectivity index is 0.000000184. The van der Waals surface area contributed by atoms with E-state index in [0.717, 1.165) is 93.3 Å². The molecule has 0 aromatic heterocycles. The zero-order valence-electron chi connectivity index (χ0n) is 38.3. The standard InChI is InChI=1S/C25H30ClN3O4.C14H20N2O3.C11H12ClNO2.CH4.B/c26-19-3-5-20(6-4-19)29-11-8-18(15-29)25(31)27-21(16-28-9-1-10-28)24(30)17-2-7-22-23(14-17)33-13-12-32-22;15-11(9-16-4-1-5-16)14(17)10-2-3-12-13(8-10)19-7-6-18-12;12-9-1-3-10(4-2-9)13-6-5-8(7-13)11(14)15;;/h2-7,14,18,21,24,30H,1,8-13,15-16H2,(H,27,31);2-3,8,11,14,17H,1,4-7,9,15H2;1-4,8H,5-7H2,(H,14,15);1H4;/t18-,21-,24-;11-,14-;8-;;/m111../s1. The number of nitrogens with one attached hydrogen (secondary N) is 1. The first kappa shape index (κ1) is 53.4. The highest BCUT2D eigenvalue weighted by Gasteiger charge is 2.34. The van der Waals surface area contributed by atoms with Crippen LogP contribution in [0, 0.1) is 11.8 Å². The topological polar surface area (TPSA) is 183 Å². The normalized spacial score (nSPS) is 20.9. The fraction of sp³-hybridized carbons (Fsp3) is 0.490. The quantitative estimate of drug-likeness (QED) is 0.100. The molecule has 0 spiro atoms. The maximum absolute atomic E-state index is 13.2. The number of nitrogens with zero attached hydrogens (tertiary/aromatic N) is 4. The molecule has 0 bridgehead atoms. The molecule has 0 unspecified atom stereocenters. The van der Waals surface area contributed by atoms with Gasteiger partial charge in [-0.3, -0.25) is 9.59 Å². The maximum atomic E-state index is 13.2. The Labute approximate surface area is 417 Å². The summed E-state index contributed by atoms with van der Waals surface area (Å²) in [5.74, 6) is 1.69. The van der Waals surface area contributed by atoms with Gasteiger partial charge in [0.05, 0.1) is 24.0 Å². The van der Waals surface area contributed by atoms with Gasteiger partial charge in [-0.2, -0.15) is 0 Å². The lowest BCUT2D eigenvalue weighted by Crippen LogP contribution is -2.52. The summed E-state index contributed by atoms with van der Waals surface area (Å²) >= 11 is 11.8. The molecule has 10 rings (SSSR count). The summed E-state index contributed by atoms with van der Waals surface area (Å²) < 4.78 is 22.3. The van der Waals surface area contributed by atoms with Gasteiger partial charge in [-0.1, -0.05) is 42.8 Å². The van der Waals surface area contributed by atoms with Crippen LogP contribution in [-0.2, 0) is 9.59 Å². The summed E-state index contributed by atoms with van der Waals surface area (Å²) in [6.45, 7) is 10.5. The second-order valence-corrected chi connectivity index (χ2v) is 18.8. The molecule has 69 heavy (non-hydrogen) atoms. The highest BCUT2D eigenvalue weighted by atomic mass is 35.5. The number of anilines is 2. The molecular formula is C51H66BCl2N6O9. The number of carboxylic acids is 1. The largest absolute Gasteiger partial charge is 0.486 e. The summed E-state index contributed by atoms with van der Waals surface area (Å²) in [6, 6.07) is 25.6. The van der Waals surface area contributed by atoms with Crippen molar-refractivity contribution in [1.82, 2.24) is 15.1 Å². The number of aliphatic hydroxyl groups is 2. The zero-order chi connectivity index (χ0) is 46.9. The van der Waals surface area contributed by atoms with Crippen molar-refractivity contribution in [3.63, 3.8) is 0 Å². The predicted molar refractivity (Wildman–Crippen MR) is 270 cm³/mol. The maximum Gasteiger partial charge on any atom is 0.308 e. The number of benzene rings is 4. The van der Waals surface area contributed by atoms with Crippen LogP contribution in [-0.4, -0.2) is 149 Å². The number of ether oxygens (including phenoxy) is 4. The van der Waals surface area contributed by atoms with E-state index in [2.05, 4.69) is 24.9 Å². The SMILES string of the molecule is C.N[C@H](CN1CCC1)[C@H](O)c1ccc2c(c1)OCCO2.O=C(N[C@H](CN1CCC1)[C@H](O)c1ccc2c(c1)OCCO2)[C@@H]1CCN(c2ccc(Cl)cc2)C1.O=C(O)[C@@H]1CCN(c2ccc(Cl)cc2)C1.[B]. The minimum absolute atomic E-state index is 0. The zero-order valence-corrected chi connectivity index (χ0v) is 39.8. The van der Waals surface area contributed by atoms with Crippen LogP contribution < -0.4 is 39.8 Å². The molecule has 6 aliphatic rings. The summed E-state index contributed by atoms with van der Waals surface area (Å²) in [4.78, 5) is 32.8. The second kappa shape index (κ2) is 25.3. The van der Waals surface area contributed by atoms with Gasteiger partial charge in [-0.15, -0.1) is 0 Å². The number of hydrogen-bond acceptors (Lipinski definition) is 13. The van der Waals surface area contributed by atoms with Crippen LogP contribution in [0.2, 0.25) is 10.0 Å². The lowest BCUT2D eigenvalue weighted by molar-refractivity contribution is -0.141. The summed E-state index contributed by atoms with van der Waals surface area (Å²) in [6.07, 6.45) is 2.38. The monoisotopic (exact) mass is 987 g/mol. The summed E-state index contributed by atoms with van der Waals surface area (Å²) in [5, 5.41) is 35.0. The molecule has 6 atom stereocenters. The minimum atomic E-state index is -0.834. The average Bonchev–Trinajstić information content (AvgIpc) is 4.03. The van der Waals surface area contributed by atoms with Gasteiger partial charge in [0.25, 0.3) is 0 Å². The molecule has 0 aliphatic carbocycles. The van der Waals surface area contributed by atoms with E-state index in [9.17, 15) is 19.8 Å². The first-order valence-electron chi connectivity index (χ1n) is 23.4. The highest BCUT2D eigenvalue weighted by Crippen LogP contribution is 2.35. The van der Waals surface area contributed by atoms with Crippen molar-refractivity contribution < 1.29 is 43.9 Å². The number of carbonyl (C=O) groups excluding carboxylic acids is 1. The molecule has 4 aromatic rings. The number of amides is 1. The fourth-order valence-electron chi connectivity index (χ4n) is 9.01. The molecule has 0 saturated carbocycles. The highest BCUT2D eigenvalue weighted by molar-refractivity contribution is 6.30. The van der Waals surface area contributed by atoms with Crippen LogP contribution in [0.3, 0.4) is 0 Å². The van der Waals surface area contributed by atoms with Crippen molar-refractivity contribution in [3.05, 3.63) is 106 Å². The molecule has 3 radical (unpaired) electrons. The second-order valence-electron chi connectivity index (χ2n) is 17.9. The van der Waals surface area contributed by atoms with Gasteiger partial charge in [-0.25, -0.2) is 0 Å². The van der Waals surface area contributed by atoms with Gasteiger partial charge < -0.3 is 64.9 Å². The van der Waals surface area contributed by atoms with Crippen molar-refractivity contribution >= 4 is 54.9 Å². The van der Waals surface area contributed by atoms with Crippen LogP contribution in [0.15, 0.2) is 84.9 Å². The third-order valence-electron chi connectivity index (χ3n) is 13.2. The third-order valence-corrected chi connectivity index (χ3v) is 13.7. The molecule has 4 fully saturated rings. The fourth-order valence-corrected chi connectivity index (χ4v) is 9.26. The Kier molecular flexibility index (Phi) is 19.6. The predicted octanol–water partition coefficient (Wildman–Crippen LogP) is 5.89. The third kappa shape index (κ3) is 14.1. The van der Waals surface area contributed by atoms with Crippen molar-refractivity contribution in [2.45, 2.75) is 57.4 Å². The molecule has 6 N–H and O–H groups in total. The molecule has 15 nitrogen and oxygen atoms in total. The van der Waals surface area contributed by atoms with E-state index in [-0.39, 0.29) is 39.6 Å². The van der Waals surface area contributed by atoms with Gasteiger partial charge in [0, 0.05) is 75.1 Å². The van der Waals surface area contributed by atoms with Gasteiger partial charge in [0.15, 0.2) is 23.0 Å². The first-order valence-corrected chi connectivity index (χ1v) is 24.1. The van der Waals surface area contributed by atoms with Gasteiger partial charge >= 0.3 is 5.97 Å². The molecule has 6 heterocycles. The van der Waals surface area contributed by atoms with E-state index < -0.39 is 24.2 Å². The van der Waals surface area contributed by atoms with Crippen molar-refractivity contribution in [3.8, 4) is 23.0 Å². The van der Waals surface area contributed by atoms with E-state index in [1.165, 1.54) is 6.42 Å². The number of halogens is 2. The van der Waals surface area contributed by atoms with Crippen LogP contribution in [0.5, 0.6) is 23.0 Å². The number of rotatable bonds is 13. The van der Waals surface area contributed by atoms with Gasteiger partial charge in [-0.05, 0) is 136 Å². The minimum Gasteiger partial charge on any atom is -0.486 e. The van der Waals surface area contributed by atoms with E-state index in [1.807, 2.05) is 84.9 Å². The summed E-state index contributed by atoms with van der Waals surface area (Å²) in [5.41, 5.74) is 9.70. The van der Waals surface area contributed by atoms with Crippen molar-refractivity contribution in [1.29, 1.82) is 0 Å².